The first-order valence-electron chi connectivity index (χ1n) is 10.6. The minimum absolute atomic E-state index is 0. The molecule has 178 valence electrons. The quantitative estimate of drug-likeness (QED) is 0.338. The molecule has 5 rings (SSSR count). The van der Waals surface area contributed by atoms with E-state index in [1.807, 2.05) is 18.5 Å². The van der Waals surface area contributed by atoms with Crippen LogP contribution < -0.4 is 0 Å². The predicted molar refractivity (Wildman–Crippen MR) is 121 cm³/mol. The molecule has 0 radical (unpaired) electrons. The highest BCUT2D eigenvalue weighted by atomic mass is 35.5. The Bertz CT molecular complexity index is 1130. The molecule has 0 spiro atoms. The summed E-state index contributed by atoms with van der Waals surface area (Å²) in [7, 11) is 1.90. The molecule has 1 aliphatic carbocycles. The van der Waals surface area contributed by atoms with Crippen LogP contribution in [0.3, 0.4) is 0 Å². The number of alkyl halides is 3. The average molecular weight is 500 g/mol. The van der Waals surface area contributed by atoms with Crippen LogP contribution in [0.1, 0.15) is 29.7 Å². The van der Waals surface area contributed by atoms with E-state index in [1.54, 1.807) is 23.9 Å². The molecule has 2 atom stereocenters. The van der Waals surface area contributed by atoms with E-state index >= 15 is 0 Å². The number of rotatable bonds is 7. The number of benzene rings is 1. The second-order valence-corrected chi connectivity index (χ2v) is 9.73. The van der Waals surface area contributed by atoms with Crippen LogP contribution in [0, 0.1) is 12.8 Å². The van der Waals surface area contributed by atoms with Gasteiger partial charge in [-0.1, -0.05) is 30.0 Å². The Labute approximate surface area is 200 Å². The number of aryl methyl sites for hydroxylation is 1. The largest absolute Gasteiger partial charge is 0.440 e. The van der Waals surface area contributed by atoms with Gasteiger partial charge in [-0.05, 0) is 43.9 Å². The zero-order chi connectivity index (χ0) is 22.5. The molecule has 0 bridgehead atoms. The lowest BCUT2D eigenvalue weighted by molar-refractivity contribution is -0.138. The molecule has 33 heavy (non-hydrogen) atoms. The van der Waals surface area contributed by atoms with Gasteiger partial charge in [-0.3, -0.25) is 0 Å². The molecule has 2 fully saturated rings. The number of oxazole rings is 1. The van der Waals surface area contributed by atoms with Crippen molar-refractivity contribution < 1.29 is 17.6 Å². The highest BCUT2D eigenvalue weighted by Gasteiger charge is 2.62. The van der Waals surface area contributed by atoms with Crippen molar-refractivity contribution in [3.05, 3.63) is 47.5 Å². The number of hydrogen-bond donors (Lipinski definition) is 0. The summed E-state index contributed by atoms with van der Waals surface area (Å²) in [5.74, 6) is 2.44. The van der Waals surface area contributed by atoms with Gasteiger partial charge in [0.2, 0.25) is 5.82 Å². The Kier molecular flexibility index (Phi) is 6.54. The normalized spacial score (nSPS) is 22.3. The molecule has 0 N–H and O–H groups in total. The summed E-state index contributed by atoms with van der Waals surface area (Å²) >= 11 is 1.62. The summed E-state index contributed by atoms with van der Waals surface area (Å²) in [6.45, 7) is 4.30. The van der Waals surface area contributed by atoms with Crippen molar-refractivity contribution in [1.82, 2.24) is 24.6 Å². The van der Waals surface area contributed by atoms with Crippen molar-refractivity contribution in [3.8, 4) is 11.6 Å². The van der Waals surface area contributed by atoms with Crippen LogP contribution in [-0.2, 0) is 18.6 Å². The first kappa shape index (κ1) is 24.1. The molecule has 1 saturated heterocycles. The molecule has 0 amide bonds. The van der Waals surface area contributed by atoms with E-state index in [0.717, 1.165) is 42.5 Å². The Morgan fingerprint density at radius 2 is 2.03 bits per heavy atom. The topological polar surface area (TPSA) is 60.0 Å². The molecular weight excluding hydrogens is 475 g/mol. The number of hydrogen-bond acceptors (Lipinski definition) is 6. The van der Waals surface area contributed by atoms with Gasteiger partial charge < -0.3 is 13.9 Å². The van der Waals surface area contributed by atoms with Gasteiger partial charge in [0.25, 0.3) is 0 Å². The van der Waals surface area contributed by atoms with Gasteiger partial charge in [0.05, 0.1) is 11.3 Å². The summed E-state index contributed by atoms with van der Waals surface area (Å²) < 4.78 is 47.8. The number of piperidine rings is 1. The SMILES string of the molecule is Cc1ncoc1-c1nnc(SCCCN2C[C@H]3C[C@@]3(c3ccccc3C(F)(F)F)C2)n1C.Cl. The zero-order valence-corrected chi connectivity index (χ0v) is 19.9. The van der Waals surface area contributed by atoms with E-state index in [-0.39, 0.29) is 17.8 Å². The third-order valence-electron chi connectivity index (χ3n) is 6.62. The van der Waals surface area contributed by atoms with Crippen LogP contribution in [0.25, 0.3) is 11.6 Å². The molecule has 0 unspecified atom stereocenters. The number of aromatic nitrogens is 4. The lowest BCUT2D eigenvalue weighted by Crippen LogP contribution is -2.29. The van der Waals surface area contributed by atoms with Gasteiger partial charge in [-0.15, -0.1) is 22.6 Å². The predicted octanol–water partition coefficient (Wildman–Crippen LogP) is 4.97. The van der Waals surface area contributed by atoms with Gasteiger partial charge in [-0.25, -0.2) is 4.98 Å². The summed E-state index contributed by atoms with van der Waals surface area (Å²) in [5.41, 5.74) is 0.446. The third-order valence-corrected chi connectivity index (χ3v) is 7.73. The minimum Gasteiger partial charge on any atom is -0.440 e. The highest BCUT2D eigenvalue weighted by molar-refractivity contribution is 7.99. The van der Waals surface area contributed by atoms with Crippen LogP contribution in [0.2, 0.25) is 0 Å². The maximum atomic E-state index is 13.5. The van der Waals surface area contributed by atoms with Crippen LogP contribution in [0.5, 0.6) is 0 Å². The van der Waals surface area contributed by atoms with Gasteiger partial charge in [0, 0.05) is 31.3 Å². The maximum Gasteiger partial charge on any atom is 0.416 e. The fourth-order valence-corrected chi connectivity index (χ4v) is 5.78. The van der Waals surface area contributed by atoms with E-state index in [4.69, 9.17) is 4.42 Å². The molecule has 3 heterocycles. The lowest BCUT2D eigenvalue weighted by Gasteiger charge is -2.23. The Morgan fingerprint density at radius 3 is 2.76 bits per heavy atom. The fourth-order valence-electron chi connectivity index (χ4n) is 4.95. The first-order chi connectivity index (χ1) is 15.3. The van der Waals surface area contributed by atoms with Gasteiger partial charge in [0.15, 0.2) is 17.3 Å². The number of fused-ring (bicyclic) bond motifs is 1. The highest BCUT2D eigenvalue weighted by Crippen LogP contribution is 2.60. The molecule has 1 aromatic carbocycles. The van der Waals surface area contributed by atoms with Crippen molar-refractivity contribution in [3.63, 3.8) is 0 Å². The molecular formula is C22H25ClF3N5OS. The molecule has 11 heteroatoms. The Balaban J connectivity index is 0.00000259. The lowest BCUT2D eigenvalue weighted by atomic mass is 9.90. The number of thioether (sulfide) groups is 1. The smallest absolute Gasteiger partial charge is 0.416 e. The van der Waals surface area contributed by atoms with Gasteiger partial charge in [0.1, 0.15) is 0 Å². The fraction of sp³-hybridized carbons (Fsp3) is 0.500. The number of likely N-dealkylation sites (tertiary alicyclic amines) is 1. The Hall–Kier alpha value is -2.04. The molecule has 2 aromatic heterocycles. The van der Waals surface area contributed by atoms with E-state index in [0.29, 0.717) is 29.6 Å². The van der Waals surface area contributed by atoms with E-state index < -0.39 is 11.7 Å². The van der Waals surface area contributed by atoms with Crippen molar-refractivity contribution in [2.75, 3.05) is 25.4 Å². The van der Waals surface area contributed by atoms with Crippen LogP contribution in [-0.4, -0.2) is 50.0 Å². The van der Waals surface area contributed by atoms with Crippen molar-refractivity contribution in [2.24, 2.45) is 13.0 Å². The third kappa shape index (κ3) is 4.40. The van der Waals surface area contributed by atoms with Crippen molar-refractivity contribution >= 4 is 24.2 Å². The molecule has 6 nitrogen and oxygen atoms in total. The maximum absolute atomic E-state index is 13.5. The summed E-state index contributed by atoms with van der Waals surface area (Å²) in [6, 6.07) is 6.09. The molecule has 1 aliphatic heterocycles. The van der Waals surface area contributed by atoms with Crippen LogP contribution >= 0.6 is 24.2 Å². The van der Waals surface area contributed by atoms with E-state index in [2.05, 4.69) is 20.1 Å². The molecule has 2 aliphatic rings. The van der Waals surface area contributed by atoms with Crippen molar-refractivity contribution in [2.45, 2.75) is 36.5 Å². The number of halogens is 4. The van der Waals surface area contributed by atoms with E-state index in [1.165, 1.54) is 18.5 Å². The summed E-state index contributed by atoms with van der Waals surface area (Å²) in [6.07, 6.45) is -1.12. The summed E-state index contributed by atoms with van der Waals surface area (Å²) in [5, 5.41) is 9.27. The Morgan fingerprint density at radius 1 is 1.24 bits per heavy atom. The van der Waals surface area contributed by atoms with Crippen molar-refractivity contribution in [1.29, 1.82) is 0 Å². The molecule has 1 saturated carbocycles. The minimum atomic E-state index is -4.30. The van der Waals surface area contributed by atoms with Crippen LogP contribution in [0.4, 0.5) is 13.2 Å². The van der Waals surface area contributed by atoms with Crippen LogP contribution in [0.15, 0.2) is 40.2 Å². The van der Waals surface area contributed by atoms with Gasteiger partial charge in [-0.2, -0.15) is 13.2 Å². The zero-order valence-electron chi connectivity index (χ0n) is 18.3. The second-order valence-electron chi connectivity index (χ2n) is 8.67. The standard InChI is InChI=1S/C22H24F3N5OS.ClH/c1-14-18(31-13-26-14)19-27-28-20(29(19)2)32-9-5-8-30-11-15-10-21(15,12-30)16-6-3-4-7-17(16)22(23,24)25;/h3-4,6-7,13,15H,5,8-12H2,1-2H3;1H/t15-,21-;/m1./s1. The monoisotopic (exact) mass is 499 g/mol. The molecule has 3 aromatic rings. The summed E-state index contributed by atoms with van der Waals surface area (Å²) in [4.78, 5) is 6.40. The first-order valence-corrected chi connectivity index (χ1v) is 11.6. The van der Waals surface area contributed by atoms with Gasteiger partial charge >= 0.3 is 6.18 Å². The average Bonchev–Trinajstić information content (AvgIpc) is 3.05. The van der Waals surface area contributed by atoms with E-state index in [9.17, 15) is 13.2 Å². The number of nitrogens with zero attached hydrogens (tertiary/aromatic N) is 5. The second kappa shape index (κ2) is 8.96.